The lowest BCUT2D eigenvalue weighted by Crippen LogP contribution is -2.39. The van der Waals surface area contributed by atoms with Gasteiger partial charge in [0.15, 0.2) is 0 Å². The van der Waals surface area contributed by atoms with Crippen molar-refractivity contribution in [3.63, 3.8) is 0 Å². The van der Waals surface area contributed by atoms with Crippen LogP contribution in [0.4, 0.5) is 18.0 Å². The van der Waals surface area contributed by atoms with Crippen LogP contribution in [0.2, 0.25) is 0 Å². The Morgan fingerprint density at radius 3 is 2.46 bits per heavy atom. The number of H-pyrrole nitrogens is 1. The Morgan fingerprint density at radius 2 is 1.92 bits per heavy atom. The van der Waals surface area contributed by atoms with Crippen LogP contribution in [-0.2, 0) is 6.18 Å². The first-order chi connectivity index (χ1) is 11.2. The third kappa shape index (κ3) is 2.87. The first kappa shape index (κ1) is 17.1. The lowest BCUT2D eigenvalue weighted by Gasteiger charge is -2.31. The Bertz CT molecular complexity index is 851. The number of aromatic amines is 1. The fraction of sp³-hybridized carbons (Fsp3) is 0.429. The van der Waals surface area contributed by atoms with Crippen LogP contribution in [0.15, 0.2) is 16.9 Å². The highest BCUT2D eigenvalue weighted by Gasteiger charge is 2.38. The second kappa shape index (κ2) is 5.97. The van der Waals surface area contributed by atoms with Crippen molar-refractivity contribution in [2.75, 3.05) is 13.1 Å². The van der Waals surface area contributed by atoms with E-state index in [-0.39, 0.29) is 27.7 Å². The van der Waals surface area contributed by atoms with Crippen LogP contribution in [0.5, 0.6) is 0 Å². The molecule has 0 unspecified atom stereocenters. The van der Waals surface area contributed by atoms with Gasteiger partial charge in [0.2, 0.25) is 0 Å². The average Bonchev–Trinajstić information content (AvgIpc) is 2.81. The summed E-state index contributed by atoms with van der Waals surface area (Å²) < 4.78 is 41.6. The van der Waals surface area contributed by atoms with Gasteiger partial charge < -0.3 is 15.0 Å². The fourth-order valence-corrected chi connectivity index (χ4v) is 3.87. The van der Waals surface area contributed by atoms with Gasteiger partial charge in [-0.1, -0.05) is 0 Å². The van der Waals surface area contributed by atoms with Crippen LogP contribution in [0.1, 0.15) is 24.4 Å². The predicted octanol–water partition coefficient (Wildman–Crippen LogP) is 3.27. The Hall–Kier alpha value is -1.72. The fourth-order valence-electron chi connectivity index (χ4n) is 3.13. The van der Waals surface area contributed by atoms with E-state index in [0.717, 1.165) is 4.57 Å². The zero-order valence-electron chi connectivity index (χ0n) is 12.2. The molecule has 0 bridgehead atoms. The molecule has 0 aliphatic carbocycles. The van der Waals surface area contributed by atoms with Gasteiger partial charge in [0.25, 0.3) is 0 Å². The first-order valence-corrected chi connectivity index (χ1v) is 8.26. The molecule has 6 nitrogen and oxygen atoms in total. The SMILES string of the molecule is O=C(O)N1CCC(n2c(=O)[nH]c3ccc(I)c(C(F)(F)F)c32)CC1. The van der Waals surface area contributed by atoms with Crippen LogP contribution in [0.25, 0.3) is 11.0 Å². The minimum atomic E-state index is -4.59. The quantitative estimate of drug-likeness (QED) is 0.649. The molecule has 0 radical (unpaired) electrons. The predicted molar refractivity (Wildman–Crippen MR) is 88.1 cm³/mol. The molecular weight excluding hydrogens is 442 g/mol. The monoisotopic (exact) mass is 455 g/mol. The average molecular weight is 455 g/mol. The molecular formula is C14H13F3IN3O3. The van der Waals surface area contributed by atoms with E-state index in [4.69, 9.17) is 5.11 Å². The molecule has 10 heteroatoms. The number of amides is 1. The normalized spacial score (nSPS) is 16.8. The third-order valence-corrected chi connectivity index (χ3v) is 5.11. The molecule has 130 valence electrons. The summed E-state index contributed by atoms with van der Waals surface area (Å²) in [4.78, 5) is 26.9. The molecule has 0 saturated carbocycles. The number of fused-ring (bicyclic) bond motifs is 1. The number of nitrogens with zero attached hydrogens (tertiary/aromatic N) is 2. The summed E-state index contributed by atoms with van der Waals surface area (Å²) in [6.45, 7) is 0.370. The molecule has 0 atom stereocenters. The number of rotatable bonds is 1. The van der Waals surface area contributed by atoms with Gasteiger partial charge in [0, 0.05) is 22.7 Å². The zero-order valence-corrected chi connectivity index (χ0v) is 14.4. The molecule has 3 rings (SSSR count). The number of aromatic nitrogens is 2. The number of imidazole rings is 1. The topological polar surface area (TPSA) is 78.3 Å². The lowest BCUT2D eigenvalue weighted by atomic mass is 10.0. The van der Waals surface area contributed by atoms with Crippen molar-refractivity contribution in [2.45, 2.75) is 25.1 Å². The largest absolute Gasteiger partial charge is 0.465 e. The zero-order chi connectivity index (χ0) is 17.6. The first-order valence-electron chi connectivity index (χ1n) is 7.18. The van der Waals surface area contributed by atoms with Crippen LogP contribution < -0.4 is 5.69 Å². The molecule has 1 aliphatic rings. The number of carbonyl (C=O) groups is 1. The van der Waals surface area contributed by atoms with Crippen molar-refractivity contribution in [3.8, 4) is 0 Å². The highest BCUT2D eigenvalue weighted by molar-refractivity contribution is 14.1. The number of benzene rings is 1. The molecule has 1 aromatic heterocycles. The number of hydrogen-bond acceptors (Lipinski definition) is 2. The maximum absolute atomic E-state index is 13.5. The van der Waals surface area contributed by atoms with Gasteiger partial charge in [-0.25, -0.2) is 9.59 Å². The smallest absolute Gasteiger partial charge is 0.419 e. The molecule has 1 saturated heterocycles. The van der Waals surface area contributed by atoms with E-state index in [1.54, 1.807) is 22.6 Å². The van der Waals surface area contributed by atoms with Crippen LogP contribution in [-0.4, -0.2) is 38.7 Å². The molecule has 2 aromatic rings. The number of halogens is 4. The Labute approximate surface area is 147 Å². The highest BCUT2D eigenvalue weighted by Crippen LogP contribution is 2.39. The van der Waals surface area contributed by atoms with Crippen LogP contribution >= 0.6 is 22.6 Å². The van der Waals surface area contributed by atoms with Crippen LogP contribution in [0.3, 0.4) is 0 Å². The molecule has 1 aromatic carbocycles. The van der Waals surface area contributed by atoms with Gasteiger partial charge in [-0.2, -0.15) is 13.2 Å². The second-order valence-corrected chi connectivity index (χ2v) is 6.78. The van der Waals surface area contributed by atoms with Gasteiger partial charge in [0.1, 0.15) is 0 Å². The third-order valence-electron chi connectivity index (χ3n) is 4.21. The number of nitrogens with one attached hydrogen (secondary N) is 1. The highest BCUT2D eigenvalue weighted by atomic mass is 127. The number of likely N-dealkylation sites (tertiary alicyclic amines) is 1. The summed E-state index contributed by atoms with van der Waals surface area (Å²) in [6, 6.07) is 2.30. The Morgan fingerprint density at radius 1 is 1.29 bits per heavy atom. The molecule has 24 heavy (non-hydrogen) atoms. The molecule has 0 spiro atoms. The minimum Gasteiger partial charge on any atom is -0.465 e. The van der Waals surface area contributed by atoms with Crippen molar-refractivity contribution >= 4 is 39.7 Å². The van der Waals surface area contributed by atoms with E-state index in [9.17, 15) is 22.8 Å². The molecule has 2 heterocycles. The van der Waals surface area contributed by atoms with E-state index in [1.807, 2.05) is 0 Å². The number of piperidine rings is 1. The summed E-state index contributed by atoms with van der Waals surface area (Å²) in [6.07, 6.45) is -5.07. The summed E-state index contributed by atoms with van der Waals surface area (Å²) in [5.74, 6) is 0. The number of hydrogen-bond donors (Lipinski definition) is 2. The van der Waals surface area contributed by atoms with Gasteiger partial charge in [-0.15, -0.1) is 0 Å². The molecule has 1 fully saturated rings. The Balaban J connectivity index is 2.12. The second-order valence-electron chi connectivity index (χ2n) is 5.62. The summed E-state index contributed by atoms with van der Waals surface area (Å²) in [5.41, 5.74) is -1.47. The molecule has 2 N–H and O–H groups in total. The van der Waals surface area contributed by atoms with Crippen molar-refractivity contribution in [1.82, 2.24) is 14.5 Å². The number of carboxylic acid groups (broad SMARTS) is 1. The van der Waals surface area contributed by atoms with Gasteiger partial charge in [-0.05, 0) is 47.6 Å². The van der Waals surface area contributed by atoms with E-state index >= 15 is 0 Å². The van der Waals surface area contributed by atoms with E-state index < -0.39 is 29.6 Å². The lowest BCUT2D eigenvalue weighted by molar-refractivity contribution is -0.137. The van der Waals surface area contributed by atoms with Crippen molar-refractivity contribution in [2.24, 2.45) is 0 Å². The maximum Gasteiger partial charge on any atom is 0.419 e. The summed E-state index contributed by atoms with van der Waals surface area (Å²) in [5, 5.41) is 8.97. The molecule has 1 amide bonds. The summed E-state index contributed by atoms with van der Waals surface area (Å²) >= 11 is 1.61. The van der Waals surface area contributed by atoms with Gasteiger partial charge in [0.05, 0.1) is 16.6 Å². The van der Waals surface area contributed by atoms with Crippen molar-refractivity contribution < 1.29 is 23.1 Å². The summed E-state index contributed by atoms with van der Waals surface area (Å²) in [7, 11) is 0. The van der Waals surface area contributed by atoms with Gasteiger partial charge in [-0.3, -0.25) is 4.57 Å². The van der Waals surface area contributed by atoms with Crippen LogP contribution in [0, 0.1) is 3.57 Å². The van der Waals surface area contributed by atoms with E-state index in [1.165, 1.54) is 17.0 Å². The van der Waals surface area contributed by atoms with Gasteiger partial charge >= 0.3 is 18.0 Å². The standard InChI is InChI=1S/C14H13F3IN3O3/c15-14(16,17)10-8(18)1-2-9-11(10)21(12(22)19-9)7-3-5-20(6-4-7)13(23)24/h1-2,7H,3-6H2,(H,19,22)(H,23,24). The van der Waals surface area contributed by atoms with Crippen molar-refractivity contribution in [3.05, 3.63) is 31.8 Å². The Kier molecular flexibility index (Phi) is 4.26. The number of alkyl halides is 3. The maximum atomic E-state index is 13.5. The molecule has 1 aliphatic heterocycles. The van der Waals surface area contributed by atoms with E-state index in [0.29, 0.717) is 12.8 Å². The van der Waals surface area contributed by atoms with Crippen molar-refractivity contribution in [1.29, 1.82) is 0 Å². The minimum absolute atomic E-state index is 0.0170. The van der Waals surface area contributed by atoms with E-state index in [2.05, 4.69) is 4.98 Å².